The van der Waals surface area contributed by atoms with Gasteiger partial charge in [0, 0.05) is 14.6 Å². The van der Waals surface area contributed by atoms with Crippen molar-refractivity contribution in [3.63, 3.8) is 0 Å². The molecular formula is C13H16ClNS2. The third-order valence-electron chi connectivity index (χ3n) is 2.63. The summed E-state index contributed by atoms with van der Waals surface area (Å²) in [6.07, 6.45) is 1.10. The number of hydrogen-bond donors (Lipinski definition) is 1. The molecule has 4 heteroatoms. The fourth-order valence-corrected chi connectivity index (χ4v) is 4.15. The van der Waals surface area contributed by atoms with Crippen molar-refractivity contribution in [3.8, 4) is 0 Å². The molecule has 0 spiro atoms. The summed E-state index contributed by atoms with van der Waals surface area (Å²) in [6, 6.07) is 6.65. The molecule has 17 heavy (non-hydrogen) atoms. The van der Waals surface area contributed by atoms with E-state index in [2.05, 4.69) is 36.7 Å². The molecule has 0 aromatic carbocycles. The molecule has 92 valence electrons. The van der Waals surface area contributed by atoms with Crippen LogP contribution >= 0.6 is 34.3 Å². The molecule has 2 rings (SSSR count). The summed E-state index contributed by atoms with van der Waals surface area (Å²) in [4.78, 5) is 4.00. The van der Waals surface area contributed by atoms with Crippen molar-refractivity contribution in [2.24, 2.45) is 0 Å². The maximum Gasteiger partial charge on any atom is 0.0779 e. The summed E-state index contributed by atoms with van der Waals surface area (Å²) in [5, 5.41) is 6.44. The lowest BCUT2D eigenvalue weighted by atomic mass is 10.2. The highest BCUT2D eigenvalue weighted by Gasteiger charge is 2.18. The Balaban J connectivity index is 2.32. The van der Waals surface area contributed by atoms with Crippen molar-refractivity contribution in [1.29, 1.82) is 0 Å². The van der Waals surface area contributed by atoms with Crippen LogP contribution in [0.25, 0.3) is 0 Å². The summed E-state index contributed by atoms with van der Waals surface area (Å²) in [6.45, 7) is 5.26. The van der Waals surface area contributed by atoms with Crippen molar-refractivity contribution in [2.45, 2.75) is 26.3 Å². The average Bonchev–Trinajstić information content (AvgIpc) is 2.95. The van der Waals surface area contributed by atoms with Gasteiger partial charge in [0.05, 0.1) is 11.1 Å². The van der Waals surface area contributed by atoms with Gasteiger partial charge in [0.2, 0.25) is 0 Å². The van der Waals surface area contributed by atoms with E-state index in [1.165, 1.54) is 14.6 Å². The highest BCUT2D eigenvalue weighted by Crippen LogP contribution is 2.35. The predicted octanol–water partition coefficient (Wildman–Crippen LogP) is 4.72. The first kappa shape index (κ1) is 13.1. The van der Waals surface area contributed by atoms with Crippen LogP contribution < -0.4 is 5.32 Å². The first-order valence-corrected chi connectivity index (χ1v) is 7.88. The fourth-order valence-electron chi connectivity index (χ4n) is 1.78. The molecule has 0 radical (unpaired) electrons. The van der Waals surface area contributed by atoms with Gasteiger partial charge in [-0.3, -0.25) is 0 Å². The third-order valence-corrected chi connectivity index (χ3v) is 5.35. The van der Waals surface area contributed by atoms with E-state index in [4.69, 9.17) is 11.6 Å². The lowest BCUT2D eigenvalue weighted by Crippen LogP contribution is -2.20. The summed E-state index contributed by atoms with van der Waals surface area (Å²) in [5.74, 6) is 0. The van der Waals surface area contributed by atoms with Crippen molar-refractivity contribution in [1.82, 2.24) is 5.32 Å². The van der Waals surface area contributed by atoms with Gasteiger partial charge in [-0.2, -0.15) is 0 Å². The van der Waals surface area contributed by atoms with E-state index in [1.807, 2.05) is 17.4 Å². The van der Waals surface area contributed by atoms with Crippen molar-refractivity contribution >= 4 is 34.3 Å². The minimum absolute atomic E-state index is 0.248. The molecule has 0 aliphatic carbocycles. The van der Waals surface area contributed by atoms with Crippen LogP contribution in [-0.2, 0) is 6.42 Å². The smallest absolute Gasteiger partial charge is 0.0779 e. The van der Waals surface area contributed by atoms with Gasteiger partial charge >= 0.3 is 0 Å². The zero-order chi connectivity index (χ0) is 12.3. The molecule has 1 unspecified atom stereocenters. The van der Waals surface area contributed by atoms with Gasteiger partial charge in [0.15, 0.2) is 0 Å². The van der Waals surface area contributed by atoms with Gasteiger partial charge in [-0.25, -0.2) is 0 Å². The van der Waals surface area contributed by atoms with Crippen LogP contribution in [0.2, 0.25) is 5.02 Å². The van der Waals surface area contributed by atoms with Gasteiger partial charge < -0.3 is 5.32 Å². The Hall–Kier alpha value is -0.350. The van der Waals surface area contributed by atoms with Crippen molar-refractivity contribution in [3.05, 3.63) is 43.2 Å². The van der Waals surface area contributed by atoms with E-state index in [-0.39, 0.29) is 6.04 Å². The Kier molecular flexibility index (Phi) is 4.62. The quantitative estimate of drug-likeness (QED) is 0.838. The number of hydrogen-bond acceptors (Lipinski definition) is 3. The van der Waals surface area contributed by atoms with Crippen LogP contribution in [0.1, 0.15) is 34.5 Å². The van der Waals surface area contributed by atoms with Gasteiger partial charge in [-0.05, 0) is 36.5 Å². The maximum absolute atomic E-state index is 6.24. The largest absolute Gasteiger partial charge is 0.305 e. The Bertz CT molecular complexity index is 475. The summed E-state index contributed by atoms with van der Waals surface area (Å²) in [5.41, 5.74) is 0. The maximum atomic E-state index is 6.24. The molecule has 0 bridgehead atoms. The number of rotatable bonds is 5. The highest BCUT2D eigenvalue weighted by molar-refractivity contribution is 7.13. The second-order valence-corrected chi connectivity index (χ2v) is 6.34. The predicted molar refractivity (Wildman–Crippen MR) is 78.5 cm³/mol. The van der Waals surface area contributed by atoms with Crippen molar-refractivity contribution in [2.75, 3.05) is 6.54 Å². The Morgan fingerprint density at radius 3 is 2.65 bits per heavy atom. The van der Waals surface area contributed by atoms with Gasteiger partial charge in [0.1, 0.15) is 0 Å². The van der Waals surface area contributed by atoms with Crippen LogP contribution in [0.3, 0.4) is 0 Å². The topological polar surface area (TPSA) is 12.0 Å². The molecule has 2 aromatic rings. The SMILES string of the molecule is CCNC(c1ccc(CC)s1)c1sccc1Cl. The minimum Gasteiger partial charge on any atom is -0.305 e. The van der Waals surface area contributed by atoms with Crippen LogP contribution in [0.5, 0.6) is 0 Å². The molecule has 1 atom stereocenters. The van der Waals surface area contributed by atoms with E-state index >= 15 is 0 Å². The van der Waals surface area contributed by atoms with Crippen molar-refractivity contribution < 1.29 is 0 Å². The average molecular weight is 286 g/mol. The van der Waals surface area contributed by atoms with E-state index < -0.39 is 0 Å². The molecule has 2 aromatic heterocycles. The van der Waals surface area contributed by atoms with E-state index in [0.29, 0.717) is 0 Å². The summed E-state index contributed by atoms with van der Waals surface area (Å²) >= 11 is 9.83. The standard InChI is InChI=1S/C13H16ClNS2/c1-3-9-5-6-11(17-9)12(15-4-2)13-10(14)7-8-16-13/h5-8,12,15H,3-4H2,1-2H3. The zero-order valence-corrected chi connectivity index (χ0v) is 12.4. The zero-order valence-electron chi connectivity index (χ0n) is 10.00. The minimum atomic E-state index is 0.248. The number of nitrogens with one attached hydrogen (secondary N) is 1. The van der Waals surface area contributed by atoms with Gasteiger partial charge in [-0.1, -0.05) is 25.4 Å². The third kappa shape index (κ3) is 2.91. The normalized spacial score (nSPS) is 12.9. The highest BCUT2D eigenvalue weighted by atomic mass is 35.5. The summed E-state index contributed by atoms with van der Waals surface area (Å²) < 4.78 is 0. The molecule has 1 N–H and O–H groups in total. The fraction of sp³-hybridized carbons (Fsp3) is 0.385. The molecular weight excluding hydrogens is 270 g/mol. The van der Waals surface area contributed by atoms with E-state index in [1.54, 1.807) is 11.3 Å². The molecule has 0 saturated heterocycles. The summed E-state index contributed by atoms with van der Waals surface area (Å²) in [7, 11) is 0. The Labute approximate surface area is 115 Å². The molecule has 0 amide bonds. The Morgan fingerprint density at radius 1 is 1.29 bits per heavy atom. The number of aryl methyl sites for hydroxylation is 1. The molecule has 1 nitrogen and oxygen atoms in total. The Morgan fingerprint density at radius 2 is 2.12 bits per heavy atom. The molecule has 0 fully saturated rings. The monoisotopic (exact) mass is 285 g/mol. The van der Waals surface area contributed by atoms with Crippen LogP contribution in [-0.4, -0.2) is 6.54 Å². The van der Waals surface area contributed by atoms with Gasteiger partial charge in [0.25, 0.3) is 0 Å². The van der Waals surface area contributed by atoms with E-state index in [0.717, 1.165) is 18.0 Å². The van der Waals surface area contributed by atoms with E-state index in [9.17, 15) is 0 Å². The van der Waals surface area contributed by atoms with Gasteiger partial charge in [-0.15, -0.1) is 22.7 Å². The molecule has 0 saturated carbocycles. The lowest BCUT2D eigenvalue weighted by molar-refractivity contribution is 0.649. The number of halogens is 1. The van der Waals surface area contributed by atoms with Crippen LogP contribution in [0, 0.1) is 0 Å². The molecule has 0 aliphatic rings. The molecule has 2 heterocycles. The first-order valence-electron chi connectivity index (χ1n) is 5.81. The van der Waals surface area contributed by atoms with Crippen LogP contribution in [0.4, 0.5) is 0 Å². The second kappa shape index (κ2) is 6.01. The second-order valence-electron chi connectivity index (χ2n) is 3.78. The molecule has 0 aliphatic heterocycles. The van der Waals surface area contributed by atoms with Crippen LogP contribution in [0.15, 0.2) is 23.6 Å². The number of thiophene rings is 2. The lowest BCUT2D eigenvalue weighted by Gasteiger charge is -2.15. The first-order chi connectivity index (χ1) is 8.26.